The van der Waals surface area contributed by atoms with Crippen molar-refractivity contribution in [2.45, 2.75) is 20.0 Å². The Balaban J connectivity index is 2.34. The third kappa shape index (κ3) is 4.89. The van der Waals surface area contributed by atoms with Gasteiger partial charge in [0.2, 0.25) is 0 Å². The first kappa shape index (κ1) is 19.1. The minimum Gasteiger partial charge on any atom is -0.366 e. The third-order valence-corrected chi connectivity index (χ3v) is 3.99. The molecule has 2 aromatic rings. The number of hydrogen-bond donors (Lipinski definition) is 1. The van der Waals surface area contributed by atoms with E-state index in [1.807, 2.05) is 18.9 Å². The summed E-state index contributed by atoms with van der Waals surface area (Å²) < 4.78 is 39.3. The maximum Gasteiger partial charge on any atom is 0.418 e. The topological polar surface area (TPSA) is 27.6 Å². The molecule has 0 aliphatic heterocycles. The van der Waals surface area contributed by atoms with Gasteiger partial charge in [-0.15, -0.1) is 0 Å². The van der Waals surface area contributed by atoms with Crippen molar-refractivity contribution in [1.82, 2.24) is 4.90 Å². The summed E-state index contributed by atoms with van der Waals surface area (Å²) in [6, 6.07) is 8.66. The predicted molar refractivity (Wildman–Crippen MR) is 97.4 cm³/mol. The number of rotatable bonds is 5. The molecule has 0 saturated carbocycles. The highest BCUT2D eigenvalue weighted by atomic mass is 35.5. The summed E-state index contributed by atoms with van der Waals surface area (Å²) in [6.07, 6.45) is -2.77. The van der Waals surface area contributed by atoms with Crippen LogP contribution >= 0.6 is 11.6 Å². The summed E-state index contributed by atoms with van der Waals surface area (Å²) in [7, 11) is 1.88. The first-order valence-electron chi connectivity index (χ1n) is 7.70. The summed E-state index contributed by atoms with van der Waals surface area (Å²) in [6.45, 7) is 4.58. The lowest BCUT2D eigenvalue weighted by molar-refractivity contribution is -0.136. The molecule has 0 atom stereocenters. The number of nitrogens with zero attached hydrogens (tertiary/aromatic N) is 2. The minimum atomic E-state index is -4.43. The number of alkyl halides is 3. The van der Waals surface area contributed by atoms with Gasteiger partial charge in [0.25, 0.3) is 0 Å². The molecule has 7 heteroatoms. The molecule has 134 valence electrons. The molecule has 0 heterocycles. The van der Waals surface area contributed by atoms with Crippen LogP contribution < -0.4 is 5.32 Å². The van der Waals surface area contributed by atoms with Gasteiger partial charge in [-0.1, -0.05) is 23.7 Å². The van der Waals surface area contributed by atoms with E-state index in [0.29, 0.717) is 16.4 Å². The molecular weight excluding hydrogens is 351 g/mol. The normalized spacial score (nSPS) is 11.8. The van der Waals surface area contributed by atoms with Gasteiger partial charge in [-0.05, 0) is 43.7 Å². The van der Waals surface area contributed by atoms with Crippen molar-refractivity contribution in [3.63, 3.8) is 0 Å². The number of aliphatic imine (C=N–C) groups is 1. The van der Waals surface area contributed by atoms with Crippen molar-refractivity contribution in [3.05, 3.63) is 52.5 Å². The summed E-state index contributed by atoms with van der Waals surface area (Å²) in [5.41, 5.74) is 1.07. The molecule has 1 N–H and O–H groups in total. The average molecular weight is 370 g/mol. The maximum absolute atomic E-state index is 13.1. The van der Waals surface area contributed by atoms with E-state index in [2.05, 4.69) is 10.3 Å². The second-order valence-corrected chi connectivity index (χ2v) is 6.01. The monoisotopic (exact) mass is 369 g/mol. The number of benzene rings is 2. The first-order chi connectivity index (χ1) is 11.7. The Morgan fingerprint density at radius 1 is 1.20 bits per heavy atom. The maximum atomic E-state index is 13.1. The molecule has 2 rings (SSSR count). The van der Waals surface area contributed by atoms with Crippen LogP contribution in [0.15, 0.2) is 41.4 Å². The molecule has 0 aliphatic carbocycles. The Kier molecular flexibility index (Phi) is 5.95. The van der Waals surface area contributed by atoms with Crippen LogP contribution in [0.5, 0.6) is 0 Å². The number of hydrogen-bond acceptors (Lipinski definition) is 2. The fourth-order valence-electron chi connectivity index (χ4n) is 2.13. The van der Waals surface area contributed by atoms with Crippen molar-refractivity contribution in [3.8, 4) is 0 Å². The van der Waals surface area contributed by atoms with Crippen LogP contribution in [0.1, 0.15) is 18.1 Å². The number of anilines is 2. The second kappa shape index (κ2) is 7.78. The Morgan fingerprint density at radius 2 is 1.88 bits per heavy atom. The Bertz CT molecular complexity index is 773. The van der Waals surface area contributed by atoms with E-state index < -0.39 is 11.7 Å². The van der Waals surface area contributed by atoms with Crippen LogP contribution in [0.25, 0.3) is 0 Å². The van der Waals surface area contributed by atoms with E-state index in [9.17, 15) is 13.2 Å². The first-order valence-corrected chi connectivity index (χ1v) is 8.08. The molecular formula is C18H19ClF3N3. The molecule has 0 spiro atoms. The molecule has 2 aromatic carbocycles. The molecule has 0 aliphatic rings. The van der Waals surface area contributed by atoms with Crippen LogP contribution in [0.4, 0.5) is 30.2 Å². The zero-order chi connectivity index (χ0) is 18.6. The van der Waals surface area contributed by atoms with Gasteiger partial charge in [0, 0.05) is 19.3 Å². The van der Waals surface area contributed by atoms with Crippen LogP contribution in [0, 0.1) is 6.92 Å². The van der Waals surface area contributed by atoms with Gasteiger partial charge in [0.05, 0.1) is 28.3 Å². The fourth-order valence-corrected chi connectivity index (χ4v) is 2.34. The van der Waals surface area contributed by atoms with Crippen molar-refractivity contribution in [2.24, 2.45) is 4.99 Å². The zero-order valence-corrected chi connectivity index (χ0v) is 14.9. The van der Waals surface area contributed by atoms with E-state index >= 15 is 0 Å². The zero-order valence-electron chi connectivity index (χ0n) is 14.2. The van der Waals surface area contributed by atoms with E-state index in [-0.39, 0.29) is 5.69 Å². The summed E-state index contributed by atoms with van der Waals surface area (Å²) in [5, 5.41) is 3.18. The van der Waals surface area contributed by atoms with E-state index in [0.717, 1.165) is 18.2 Å². The standard InChI is InChI=1S/C18H19ClF3N3/c1-4-25(3)11-23-17-9-12(2)16(10-14(17)19)24-15-8-6-5-7-13(15)18(20,21)22/h5-11,24H,4H2,1-3H3. The number of para-hydroxylation sites is 1. The van der Waals surface area contributed by atoms with Crippen molar-refractivity contribution in [2.75, 3.05) is 18.9 Å². The van der Waals surface area contributed by atoms with E-state index in [1.54, 1.807) is 31.5 Å². The lowest BCUT2D eigenvalue weighted by Gasteiger charge is -2.16. The molecule has 0 radical (unpaired) electrons. The highest BCUT2D eigenvalue weighted by molar-refractivity contribution is 6.33. The van der Waals surface area contributed by atoms with Crippen LogP contribution in [-0.4, -0.2) is 24.8 Å². The number of halogens is 4. The molecule has 25 heavy (non-hydrogen) atoms. The van der Waals surface area contributed by atoms with Crippen molar-refractivity contribution < 1.29 is 13.2 Å². The molecule has 3 nitrogen and oxygen atoms in total. The molecule has 0 fully saturated rings. The summed E-state index contributed by atoms with van der Waals surface area (Å²) in [4.78, 5) is 6.19. The summed E-state index contributed by atoms with van der Waals surface area (Å²) >= 11 is 6.23. The fraction of sp³-hybridized carbons (Fsp3) is 0.278. The van der Waals surface area contributed by atoms with Crippen LogP contribution in [-0.2, 0) is 6.18 Å². The SMILES string of the molecule is CCN(C)C=Nc1cc(C)c(Nc2ccccc2C(F)(F)F)cc1Cl. The highest BCUT2D eigenvalue weighted by Gasteiger charge is 2.33. The number of nitrogens with one attached hydrogen (secondary N) is 1. The van der Waals surface area contributed by atoms with Gasteiger partial charge in [0.15, 0.2) is 0 Å². The predicted octanol–water partition coefficient (Wildman–Crippen LogP) is 6.02. The van der Waals surface area contributed by atoms with Gasteiger partial charge in [-0.25, -0.2) is 4.99 Å². The lowest BCUT2D eigenvalue weighted by Crippen LogP contribution is -2.14. The second-order valence-electron chi connectivity index (χ2n) is 5.60. The molecule has 0 saturated heterocycles. The Morgan fingerprint density at radius 3 is 2.52 bits per heavy atom. The Hall–Kier alpha value is -2.21. The van der Waals surface area contributed by atoms with Gasteiger partial charge >= 0.3 is 6.18 Å². The van der Waals surface area contributed by atoms with Gasteiger partial charge < -0.3 is 10.2 Å². The van der Waals surface area contributed by atoms with Crippen molar-refractivity contribution >= 4 is 35.0 Å². The molecule has 0 amide bonds. The van der Waals surface area contributed by atoms with E-state index in [1.165, 1.54) is 12.1 Å². The third-order valence-electron chi connectivity index (χ3n) is 3.69. The Labute approximate surface area is 150 Å². The largest absolute Gasteiger partial charge is 0.418 e. The van der Waals surface area contributed by atoms with Crippen LogP contribution in [0.2, 0.25) is 5.02 Å². The number of aryl methyl sites for hydroxylation is 1. The van der Waals surface area contributed by atoms with Crippen molar-refractivity contribution in [1.29, 1.82) is 0 Å². The van der Waals surface area contributed by atoms with Gasteiger partial charge in [-0.2, -0.15) is 13.2 Å². The lowest BCUT2D eigenvalue weighted by atomic mass is 10.1. The molecule has 0 bridgehead atoms. The van der Waals surface area contributed by atoms with E-state index in [4.69, 9.17) is 11.6 Å². The van der Waals surface area contributed by atoms with Crippen LogP contribution in [0.3, 0.4) is 0 Å². The highest BCUT2D eigenvalue weighted by Crippen LogP contribution is 2.38. The van der Waals surface area contributed by atoms with Gasteiger partial charge in [0.1, 0.15) is 0 Å². The quantitative estimate of drug-likeness (QED) is 0.515. The summed E-state index contributed by atoms with van der Waals surface area (Å²) in [5.74, 6) is 0. The van der Waals surface area contributed by atoms with Gasteiger partial charge in [-0.3, -0.25) is 0 Å². The minimum absolute atomic E-state index is 0.0175. The average Bonchev–Trinajstić information content (AvgIpc) is 2.55. The molecule has 0 aromatic heterocycles. The smallest absolute Gasteiger partial charge is 0.366 e. The molecule has 0 unspecified atom stereocenters.